The number of aliphatic hydroxyl groups is 1. The molecule has 1 saturated heterocycles. The van der Waals surface area contributed by atoms with Gasteiger partial charge < -0.3 is 10.0 Å². The zero-order chi connectivity index (χ0) is 17.6. The topological polar surface area (TPSA) is 43.8 Å². The van der Waals surface area contributed by atoms with E-state index < -0.39 is 0 Å². The van der Waals surface area contributed by atoms with Crippen LogP contribution in [0, 0.1) is 5.92 Å². The van der Waals surface area contributed by atoms with Gasteiger partial charge in [0.2, 0.25) is 5.91 Å². The minimum Gasteiger partial charge on any atom is -0.396 e. The molecule has 1 N–H and O–H groups in total. The fourth-order valence-electron chi connectivity index (χ4n) is 3.67. The van der Waals surface area contributed by atoms with Crippen LogP contribution in [0.3, 0.4) is 0 Å². The highest BCUT2D eigenvalue weighted by Gasteiger charge is 2.32. The Kier molecular flexibility index (Phi) is 6.74. The molecular formula is C20H29ClN2O2. The second-order valence-electron chi connectivity index (χ2n) is 7.42. The van der Waals surface area contributed by atoms with Crippen molar-refractivity contribution >= 4 is 17.5 Å². The predicted molar refractivity (Wildman–Crippen MR) is 101 cm³/mol. The van der Waals surface area contributed by atoms with E-state index >= 15 is 0 Å². The Labute approximate surface area is 155 Å². The number of carbonyl (C=O) groups excluding carboxylic acids is 1. The number of nitrogens with zero attached hydrogens (tertiary/aromatic N) is 2. The predicted octanol–water partition coefficient (Wildman–Crippen LogP) is 2.97. The van der Waals surface area contributed by atoms with Crippen LogP contribution in [-0.2, 0) is 11.2 Å². The molecule has 3 rings (SSSR count). The van der Waals surface area contributed by atoms with Gasteiger partial charge in [-0.3, -0.25) is 9.69 Å². The molecular weight excluding hydrogens is 336 g/mol. The van der Waals surface area contributed by atoms with Crippen molar-refractivity contribution in [2.45, 2.75) is 44.6 Å². The van der Waals surface area contributed by atoms with Gasteiger partial charge in [-0.1, -0.05) is 23.7 Å². The first-order valence-electron chi connectivity index (χ1n) is 9.53. The third-order valence-corrected chi connectivity index (χ3v) is 5.63. The van der Waals surface area contributed by atoms with Crippen molar-refractivity contribution in [3.05, 3.63) is 34.9 Å². The van der Waals surface area contributed by atoms with Gasteiger partial charge in [0.05, 0.1) is 0 Å². The zero-order valence-electron chi connectivity index (χ0n) is 14.9. The second kappa shape index (κ2) is 9.02. The summed E-state index contributed by atoms with van der Waals surface area (Å²) in [6.07, 6.45) is 5.82. The zero-order valence-corrected chi connectivity index (χ0v) is 15.6. The lowest BCUT2D eigenvalue weighted by Gasteiger charge is -2.41. The lowest BCUT2D eigenvalue weighted by Crippen LogP contribution is -2.55. The van der Waals surface area contributed by atoms with Gasteiger partial charge in [0.1, 0.15) is 0 Å². The molecule has 1 aliphatic carbocycles. The number of piperazine rings is 1. The number of aryl methyl sites for hydroxylation is 1. The summed E-state index contributed by atoms with van der Waals surface area (Å²) >= 11 is 5.90. The number of aliphatic hydroxyl groups excluding tert-OH is 1. The maximum Gasteiger partial charge on any atom is 0.222 e. The molecule has 0 radical (unpaired) electrons. The highest BCUT2D eigenvalue weighted by Crippen LogP contribution is 2.31. The maximum atomic E-state index is 12.6. The molecule has 138 valence electrons. The van der Waals surface area contributed by atoms with Crippen LogP contribution in [0.1, 0.15) is 37.7 Å². The average molecular weight is 365 g/mol. The van der Waals surface area contributed by atoms with Gasteiger partial charge in [-0.2, -0.15) is 0 Å². The van der Waals surface area contributed by atoms with Gasteiger partial charge in [0.15, 0.2) is 0 Å². The quantitative estimate of drug-likeness (QED) is 0.771. The van der Waals surface area contributed by atoms with Gasteiger partial charge in [-0.15, -0.1) is 0 Å². The van der Waals surface area contributed by atoms with E-state index in [0.717, 1.165) is 56.4 Å². The van der Waals surface area contributed by atoms with Crippen LogP contribution in [0.15, 0.2) is 24.3 Å². The number of rotatable bonds is 8. The van der Waals surface area contributed by atoms with Gasteiger partial charge in [-0.05, 0) is 55.7 Å². The summed E-state index contributed by atoms with van der Waals surface area (Å²) < 4.78 is 0. The third kappa shape index (κ3) is 5.70. The summed E-state index contributed by atoms with van der Waals surface area (Å²) in [6.45, 7) is 3.89. The smallest absolute Gasteiger partial charge is 0.222 e. The fourth-order valence-corrected chi connectivity index (χ4v) is 3.79. The number of hydrogen-bond donors (Lipinski definition) is 1. The van der Waals surface area contributed by atoms with Crippen LogP contribution in [0.5, 0.6) is 0 Å². The average Bonchev–Trinajstić information content (AvgIpc) is 3.42. The van der Waals surface area contributed by atoms with Crippen LogP contribution >= 0.6 is 11.6 Å². The van der Waals surface area contributed by atoms with E-state index in [1.54, 1.807) is 0 Å². The lowest BCUT2D eigenvalue weighted by atomic mass is 10.1. The molecule has 25 heavy (non-hydrogen) atoms. The van der Waals surface area contributed by atoms with Gasteiger partial charge in [0, 0.05) is 50.3 Å². The molecule has 1 saturated carbocycles. The van der Waals surface area contributed by atoms with Gasteiger partial charge >= 0.3 is 0 Å². The van der Waals surface area contributed by atoms with E-state index in [9.17, 15) is 9.90 Å². The van der Waals surface area contributed by atoms with Crippen molar-refractivity contribution < 1.29 is 9.90 Å². The summed E-state index contributed by atoms with van der Waals surface area (Å²) in [5.74, 6) is 1.10. The summed E-state index contributed by atoms with van der Waals surface area (Å²) in [5.41, 5.74) is 1.23. The molecule has 2 fully saturated rings. The van der Waals surface area contributed by atoms with Crippen LogP contribution in [0.4, 0.5) is 0 Å². The molecule has 1 atom stereocenters. The van der Waals surface area contributed by atoms with E-state index in [2.05, 4.69) is 4.90 Å². The van der Waals surface area contributed by atoms with Crippen molar-refractivity contribution in [3.63, 3.8) is 0 Å². The Balaban J connectivity index is 1.44. The van der Waals surface area contributed by atoms with Crippen molar-refractivity contribution in [2.24, 2.45) is 5.92 Å². The third-order valence-electron chi connectivity index (χ3n) is 5.38. The van der Waals surface area contributed by atoms with E-state index in [0.29, 0.717) is 12.5 Å². The summed E-state index contributed by atoms with van der Waals surface area (Å²) in [7, 11) is 0. The van der Waals surface area contributed by atoms with E-state index in [4.69, 9.17) is 11.6 Å². The monoisotopic (exact) mass is 364 g/mol. The van der Waals surface area contributed by atoms with Crippen molar-refractivity contribution in [1.82, 2.24) is 9.80 Å². The molecule has 1 aliphatic heterocycles. The number of amides is 1. The van der Waals surface area contributed by atoms with Crippen LogP contribution in [0.2, 0.25) is 5.02 Å². The Morgan fingerprint density at radius 3 is 2.64 bits per heavy atom. The van der Waals surface area contributed by atoms with E-state index in [-0.39, 0.29) is 12.5 Å². The molecule has 4 nitrogen and oxygen atoms in total. The van der Waals surface area contributed by atoms with E-state index in [1.807, 2.05) is 29.2 Å². The standard InChI is InChI=1S/C20H29ClN2O2/c21-18-8-6-16(7-9-18)2-1-3-20(25)23-12-11-22(14-17-4-5-17)19(15-23)10-13-24/h6-9,17,19,24H,1-5,10-15H2. The highest BCUT2D eigenvalue weighted by atomic mass is 35.5. The lowest BCUT2D eigenvalue weighted by molar-refractivity contribution is -0.134. The Bertz CT molecular complexity index is 559. The highest BCUT2D eigenvalue weighted by molar-refractivity contribution is 6.30. The molecule has 1 amide bonds. The summed E-state index contributed by atoms with van der Waals surface area (Å²) in [4.78, 5) is 17.1. The largest absolute Gasteiger partial charge is 0.396 e. The molecule has 1 aromatic rings. The Morgan fingerprint density at radius 2 is 1.96 bits per heavy atom. The molecule has 1 unspecified atom stereocenters. The molecule has 1 heterocycles. The number of hydrogen-bond acceptors (Lipinski definition) is 3. The minimum atomic E-state index is 0.199. The molecule has 1 aromatic carbocycles. The van der Waals surface area contributed by atoms with Gasteiger partial charge in [0.25, 0.3) is 0 Å². The number of carbonyl (C=O) groups is 1. The van der Waals surface area contributed by atoms with Gasteiger partial charge in [-0.25, -0.2) is 0 Å². The van der Waals surface area contributed by atoms with Crippen LogP contribution < -0.4 is 0 Å². The van der Waals surface area contributed by atoms with Crippen molar-refractivity contribution in [3.8, 4) is 0 Å². The Morgan fingerprint density at radius 1 is 1.20 bits per heavy atom. The fraction of sp³-hybridized carbons (Fsp3) is 0.650. The van der Waals surface area contributed by atoms with Crippen LogP contribution in [0.25, 0.3) is 0 Å². The first-order chi connectivity index (χ1) is 12.2. The second-order valence-corrected chi connectivity index (χ2v) is 7.86. The minimum absolute atomic E-state index is 0.199. The maximum absolute atomic E-state index is 12.6. The van der Waals surface area contributed by atoms with E-state index in [1.165, 1.54) is 18.4 Å². The summed E-state index contributed by atoms with van der Waals surface area (Å²) in [5, 5.41) is 10.1. The first kappa shape index (κ1) is 18.7. The SMILES string of the molecule is O=C(CCCc1ccc(Cl)cc1)N1CCN(CC2CC2)C(CCO)C1. The molecule has 5 heteroatoms. The molecule has 0 aromatic heterocycles. The summed E-state index contributed by atoms with van der Waals surface area (Å²) in [6, 6.07) is 8.18. The molecule has 2 aliphatic rings. The number of halogens is 1. The number of benzene rings is 1. The van der Waals surface area contributed by atoms with Crippen LogP contribution in [-0.4, -0.2) is 59.6 Å². The van der Waals surface area contributed by atoms with Crippen molar-refractivity contribution in [2.75, 3.05) is 32.8 Å². The first-order valence-corrected chi connectivity index (χ1v) is 9.90. The molecule has 0 spiro atoms. The normalized spacial score (nSPS) is 21.5. The molecule has 0 bridgehead atoms. The Hall–Kier alpha value is -1.10. The van der Waals surface area contributed by atoms with Crippen molar-refractivity contribution in [1.29, 1.82) is 0 Å².